The normalized spacial score (nSPS) is 14.7. The Hall–Kier alpha value is -2.02. The predicted molar refractivity (Wildman–Crippen MR) is 75.6 cm³/mol. The quantitative estimate of drug-likeness (QED) is 0.795. The number of fused-ring (bicyclic) bond motifs is 1. The summed E-state index contributed by atoms with van der Waals surface area (Å²) in [6.07, 6.45) is 0. The highest BCUT2D eigenvalue weighted by molar-refractivity contribution is 8.14. The number of nitrogens with zero attached hydrogens (tertiary/aromatic N) is 3. The maximum absolute atomic E-state index is 11.6. The summed E-state index contributed by atoms with van der Waals surface area (Å²) in [5.41, 5.74) is 7.91. The van der Waals surface area contributed by atoms with E-state index in [0.717, 1.165) is 28.5 Å². The van der Waals surface area contributed by atoms with Crippen molar-refractivity contribution in [3.05, 3.63) is 23.8 Å². The summed E-state index contributed by atoms with van der Waals surface area (Å²) >= 11 is 1.63. The second-order valence-electron chi connectivity index (χ2n) is 4.01. The van der Waals surface area contributed by atoms with E-state index in [1.54, 1.807) is 34.5 Å². The van der Waals surface area contributed by atoms with Crippen molar-refractivity contribution in [3.63, 3.8) is 0 Å². The van der Waals surface area contributed by atoms with Crippen LogP contribution in [0.3, 0.4) is 0 Å². The van der Waals surface area contributed by atoms with Crippen molar-refractivity contribution < 1.29 is 9.53 Å². The van der Waals surface area contributed by atoms with Crippen LogP contribution in [0.2, 0.25) is 0 Å². The first-order chi connectivity index (χ1) is 9.20. The Bertz CT molecular complexity index is 692. The van der Waals surface area contributed by atoms with Gasteiger partial charge in [-0.05, 0) is 18.2 Å². The van der Waals surface area contributed by atoms with Gasteiger partial charge in [0, 0.05) is 5.75 Å². The molecule has 2 heterocycles. The van der Waals surface area contributed by atoms with E-state index in [2.05, 4.69) is 9.98 Å². The maximum atomic E-state index is 11.6. The van der Waals surface area contributed by atoms with Crippen LogP contribution in [-0.2, 0) is 4.74 Å². The van der Waals surface area contributed by atoms with Crippen LogP contribution in [0.1, 0.15) is 10.4 Å². The molecule has 1 aromatic heterocycles. The molecule has 0 atom stereocenters. The van der Waals surface area contributed by atoms with Crippen molar-refractivity contribution in [1.82, 2.24) is 9.55 Å². The number of hydrogen-bond acceptors (Lipinski definition) is 6. The molecule has 98 valence electrons. The molecule has 0 spiro atoms. The second kappa shape index (κ2) is 4.58. The van der Waals surface area contributed by atoms with Crippen molar-refractivity contribution in [3.8, 4) is 0 Å². The Labute approximate surface area is 113 Å². The molecular weight excluding hydrogens is 264 g/mol. The number of imidazole rings is 1. The molecule has 1 aliphatic rings. The fourth-order valence-electron chi connectivity index (χ4n) is 2.00. The lowest BCUT2D eigenvalue weighted by Crippen LogP contribution is -2.09. The van der Waals surface area contributed by atoms with Gasteiger partial charge in [0.05, 0.1) is 30.3 Å². The van der Waals surface area contributed by atoms with Crippen LogP contribution in [0.25, 0.3) is 11.0 Å². The lowest BCUT2D eigenvalue weighted by Gasteiger charge is -2.05. The number of hydrogen-bond donors (Lipinski definition) is 1. The molecule has 0 saturated carbocycles. The van der Waals surface area contributed by atoms with Gasteiger partial charge in [-0.2, -0.15) is 0 Å². The molecule has 1 aromatic carbocycles. The summed E-state index contributed by atoms with van der Waals surface area (Å²) in [4.78, 5) is 20.2. The maximum Gasteiger partial charge on any atom is 0.337 e. The molecule has 7 heteroatoms. The largest absolute Gasteiger partial charge is 0.465 e. The monoisotopic (exact) mass is 276 g/mol. The summed E-state index contributed by atoms with van der Waals surface area (Å²) in [6.45, 7) is 0.774. The van der Waals surface area contributed by atoms with Gasteiger partial charge in [-0.15, -0.1) is 0 Å². The minimum atomic E-state index is -0.380. The van der Waals surface area contributed by atoms with Crippen molar-refractivity contribution >= 4 is 39.9 Å². The fraction of sp³-hybridized carbons (Fsp3) is 0.250. The molecule has 1 aliphatic heterocycles. The Morgan fingerprint density at radius 3 is 3.05 bits per heavy atom. The first kappa shape index (κ1) is 12.0. The Kier molecular flexibility index (Phi) is 2.90. The van der Waals surface area contributed by atoms with E-state index in [9.17, 15) is 4.79 Å². The Morgan fingerprint density at radius 2 is 2.37 bits per heavy atom. The minimum Gasteiger partial charge on any atom is -0.465 e. The molecule has 0 saturated heterocycles. The van der Waals surface area contributed by atoms with E-state index in [1.165, 1.54) is 7.11 Å². The first-order valence-corrected chi connectivity index (χ1v) is 6.73. The van der Waals surface area contributed by atoms with Crippen molar-refractivity contribution in [2.75, 3.05) is 25.1 Å². The van der Waals surface area contributed by atoms with Crippen molar-refractivity contribution in [1.29, 1.82) is 0 Å². The lowest BCUT2D eigenvalue weighted by atomic mass is 10.2. The number of carbonyl (C=O) groups is 1. The third-order valence-corrected chi connectivity index (χ3v) is 3.82. The summed E-state index contributed by atoms with van der Waals surface area (Å²) < 4.78 is 6.50. The molecule has 2 N–H and O–H groups in total. The molecule has 19 heavy (non-hydrogen) atoms. The van der Waals surface area contributed by atoms with E-state index < -0.39 is 0 Å². The topological polar surface area (TPSA) is 82.5 Å². The molecule has 0 unspecified atom stereocenters. The number of thioether (sulfide) groups is 1. The summed E-state index contributed by atoms with van der Waals surface area (Å²) in [5.74, 6) is 0.935. The van der Waals surface area contributed by atoms with E-state index in [0.29, 0.717) is 11.5 Å². The molecule has 6 nitrogen and oxygen atoms in total. The van der Waals surface area contributed by atoms with E-state index >= 15 is 0 Å². The molecule has 0 amide bonds. The van der Waals surface area contributed by atoms with Crippen LogP contribution in [0.4, 0.5) is 5.95 Å². The highest BCUT2D eigenvalue weighted by Gasteiger charge is 2.18. The first-order valence-electron chi connectivity index (χ1n) is 5.74. The van der Waals surface area contributed by atoms with E-state index in [1.807, 2.05) is 0 Å². The number of ether oxygens (including phenoxy) is 1. The van der Waals surface area contributed by atoms with Gasteiger partial charge in [0.15, 0.2) is 5.17 Å². The van der Waals surface area contributed by atoms with Crippen LogP contribution < -0.4 is 5.73 Å². The van der Waals surface area contributed by atoms with Crippen LogP contribution >= 0.6 is 11.8 Å². The van der Waals surface area contributed by atoms with Gasteiger partial charge in [-0.1, -0.05) is 11.8 Å². The summed E-state index contributed by atoms with van der Waals surface area (Å²) in [7, 11) is 1.36. The SMILES string of the molecule is COC(=O)c1ccc2nc(N)n(C3=NCCS3)c2c1. The van der Waals surface area contributed by atoms with Gasteiger partial charge >= 0.3 is 5.97 Å². The van der Waals surface area contributed by atoms with E-state index in [-0.39, 0.29) is 5.97 Å². The van der Waals surface area contributed by atoms with Gasteiger partial charge in [0.2, 0.25) is 5.95 Å². The zero-order chi connectivity index (χ0) is 13.4. The highest BCUT2D eigenvalue weighted by atomic mass is 32.2. The number of esters is 1. The van der Waals surface area contributed by atoms with Crippen molar-refractivity contribution in [2.24, 2.45) is 4.99 Å². The number of aromatic nitrogens is 2. The van der Waals surface area contributed by atoms with Gasteiger partial charge in [-0.25, -0.2) is 9.78 Å². The number of anilines is 1. The number of benzene rings is 1. The molecule has 0 radical (unpaired) electrons. The Balaban J connectivity index is 2.20. The smallest absolute Gasteiger partial charge is 0.337 e. The molecule has 2 aromatic rings. The van der Waals surface area contributed by atoms with Crippen molar-refractivity contribution in [2.45, 2.75) is 0 Å². The zero-order valence-electron chi connectivity index (χ0n) is 10.3. The number of carbonyl (C=O) groups excluding carboxylic acids is 1. The average molecular weight is 276 g/mol. The number of nitrogen functional groups attached to an aromatic ring is 1. The van der Waals surface area contributed by atoms with E-state index in [4.69, 9.17) is 10.5 Å². The zero-order valence-corrected chi connectivity index (χ0v) is 11.1. The van der Waals surface area contributed by atoms with Gasteiger partial charge < -0.3 is 10.5 Å². The number of aliphatic imine (C=N–C) groups is 1. The van der Waals surface area contributed by atoms with Crippen LogP contribution in [-0.4, -0.2) is 40.1 Å². The van der Waals surface area contributed by atoms with Crippen LogP contribution in [0.15, 0.2) is 23.2 Å². The number of rotatable bonds is 1. The average Bonchev–Trinajstić information content (AvgIpc) is 3.02. The Morgan fingerprint density at radius 1 is 1.53 bits per heavy atom. The third kappa shape index (κ3) is 1.95. The lowest BCUT2D eigenvalue weighted by molar-refractivity contribution is 0.0601. The fourth-order valence-corrected chi connectivity index (χ4v) is 2.87. The standard InChI is InChI=1S/C12H12N4O2S/c1-18-10(17)7-2-3-8-9(6-7)16(11(13)15-8)12-14-4-5-19-12/h2-3,6H,4-5H2,1H3,(H2,13,15). The number of methoxy groups -OCH3 is 1. The molecule has 0 fully saturated rings. The second-order valence-corrected chi connectivity index (χ2v) is 5.08. The van der Waals surface area contributed by atoms with Gasteiger partial charge in [-0.3, -0.25) is 9.56 Å². The van der Waals surface area contributed by atoms with Gasteiger partial charge in [0.1, 0.15) is 0 Å². The molecule has 0 aliphatic carbocycles. The molecule has 3 rings (SSSR count). The minimum absolute atomic E-state index is 0.380. The summed E-state index contributed by atoms with van der Waals surface area (Å²) in [5, 5.41) is 0.821. The number of nitrogens with two attached hydrogens (primary N) is 1. The highest BCUT2D eigenvalue weighted by Crippen LogP contribution is 2.24. The third-order valence-electron chi connectivity index (χ3n) is 2.86. The van der Waals surface area contributed by atoms with Gasteiger partial charge in [0.25, 0.3) is 0 Å². The summed E-state index contributed by atoms with van der Waals surface area (Å²) in [6, 6.07) is 5.16. The predicted octanol–water partition coefficient (Wildman–Crippen LogP) is 1.36. The van der Waals surface area contributed by atoms with Crippen LogP contribution in [0, 0.1) is 0 Å². The van der Waals surface area contributed by atoms with Crippen LogP contribution in [0.5, 0.6) is 0 Å². The molecule has 0 bridgehead atoms. The molecular formula is C12H12N4O2S.